The molecule has 0 bridgehead atoms. The number of carbonyl (C=O) groups is 1. The fourth-order valence-corrected chi connectivity index (χ4v) is 3.48. The van der Waals surface area contributed by atoms with E-state index in [1.165, 1.54) is 0 Å². The number of hydrogen-bond acceptors (Lipinski definition) is 3. The van der Waals surface area contributed by atoms with Crippen LogP contribution in [0.1, 0.15) is 59.8 Å². The Bertz CT molecular complexity index is 520. The van der Waals surface area contributed by atoms with Gasteiger partial charge in [0.1, 0.15) is 0 Å². The fourth-order valence-electron chi connectivity index (χ4n) is 3.48. The summed E-state index contributed by atoms with van der Waals surface area (Å²) in [6.45, 7) is 8.32. The Morgan fingerprint density at radius 3 is 2.70 bits per heavy atom. The van der Waals surface area contributed by atoms with Crippen molar-refractivity contribution >= 4 is 11.5 Å². The number of aliphatic imine (C=N–C) groups is 1. The maximum Gasteiger partial charge on any atom is 0.161 e. The molecular formula is C17H24N2O. The molecule has 1 heterocycles. The summed E-state index contributed by atoms with van der Waals surface area (Å²) in [4.78, 5) is 17.2. The van der Waals surface area contributed by atoms with Crippen LogP contribution in [-0.4, -0.2) is 11.5 Å². The van der Waals surface area contributed by atoms with Crippen LogP contribution in [0.5, 0.6) is 0 Å². The minimum atomic E-state index is -0.217. The summed E-state index contributed by atoms with van der Waals surface area (Å²) in [5.41, 5.74) is 2.71. The van der Waals surface area contributed by atoms with Crippen LogP contribution in [0.15, 0.2) is 16.3 Å². The third-order valence-electron chi connectivity index (χ3n) is 4.44. The molecule has 3 nitrogen and oxygen atoms in total. The lowest BCUT2D eigenvalue weighted by molar-refractivity contribution is -0.118. The summed E-state index contributed by atoms with van der Waals surface area (Å²) in [6, 6.07) is 2.37. The van der Waals surface area contributed by atoms with Crippen molar-refractivity contribution in [3.8, 4) is 6.07 Å². The molecule has 1 aliphatic carbocycles. The zero-order valence-electron chi connectivity index (χ0n) is 13.0. The molecule has 2 rings (SSSR count). The van der Waals surface area contributed by atoms with Crippen molar-refractivity contribution in [2.24, 2.45) is 22.2 Å². The summed E-state index contributed by atoms with van der Waals surface area (Å²) in [7, 11) is 0. The molecule has 2 atom stereocenters. The van der Waals surface area contributed by atoms with E-state index < -0.39 is 0 Å². The van der Waals surface area contributed by atoms with Crippen LogP contribution in [0.2, 0.25) is 0 Å². The first-order chi connectivity index (χ1) is 9.39. The molecule has 20 heavy (non-hydrogen) atoms. The molecule has 0 spiro atoms. The van der Waals surface area contributed by atoms with Crippen LogP contribution in [0.25, 0.3) is 0 Å². The molecule has 0 aromatic rings. The smallest absolute Gasteiger partial charge is 0.161 e. The number of rotatable bonds is 3. The number of allylic oxidation sites excluding steroid dienone is 2. The third kappa shape index (κ3) is 2.70. The Morgan fingerprint density at radius 1 is 1.40 bits per heavy atom. The minimum Gasteiger partial charge on any atom is -0.294 e. The lowest BCUT2D eigenvalue weighted by Crippen LogP contribution is -2.36. The number of nitrogens with zero attached hydrogens (tertiary/aromatic N) is 2. The van der Waals surface area contributed by atoms with Gasteiger partial charge in [-0.25, -0.2) is 0 Å². The fraction of sp³-hybridized carbons (Fsp3) is 0.706. The SMILES string of the molecule is CCCC[C@@H]1C2=C(CC(C)(C)CC2=O)N=C(C)C1C#N. The van der Waals surface area contributed by atoms with E-state index in [2.05, 4.69) is 31.8 Å². The molecule has 3 heteroatoms. The van der Waals surface area contributed by atoms with Gasteiger partial charge < -0.3 is 0 Å². The Morgan fingerprint density at radius 2 is 2.10 bits per heavy atom. The second kappa shape index (κ2) is 5.52. The first-order valence-electron chi connectivity index (χ1n) is 7.60. The number of hydrogen-bond donors (Lipinski definition) is 0. The highest BCUT2D eigenvalue weighted by molar-refractivity contribution is 6.02. The summed E-state index contributed by atoms with van der Waals surface area (Å²) in [5.74, 6) is 0.0652. The predicted molar refractivity (Wildman–Crippen MR) is 80.3 cm³/mol. The molecule has 0 radical (unpaired) electrons. The monoisotopic (exact) mass is 272 g/mol. The van der Waals surface area contributed by atoms with Crippen LogP contribution in [0, 0.1) is 28.6 Å². The van der Waals surface area contributed by atoms with Crippen LogP contribution >= 0.6 is 0 Å². The van der Waals surface area contributed by atoms with Gasteiger partial charge >= 0.3 is 0 Å². The Hall–Kier alpha value is -1.43. The van der Waals surface area contributed by atoms with Gasteiger partial charge in [-0.3, -0.25) is 9.79 Å². The largest absolute Gasteiger partial charge is 0.294 e. The maximum atomic E-state index is 12.5. The van der Waals surface area contributed by atoms with E-state index in [1.54, 1.807) is 0 Å². The number of unbranched alkanes of at least 4 members (excludes halogenated alkanes) is 1. The molecule has 0 saturated carbocycles. The van der Waals surface area contributed by atoms with Gasteiger partial charge in [0.05, 0.1) is 12.0 Å². The Balaban J connectivity index is 2.43. The highest BCUT2D eigenvalue weighted by atomic mass is 16.1. The summed E-state index contributed by atoms with van der Waals surface area (Å²) < 4.78 is 0. The quantitative estimate of drug-likeness (QED) is 0.778. The summed E-state index contributed by atoms with van der Waals surface area (Å²) in [6.07, 6.45) is 4.51. The number of carbonyl (C=O) groups excluding carboxylic acids is 1. The molecule has 0 saturated heterocycles. The molecule has 0 aromatic heterocycles. The average molecular weight is 272 g/mol. The molecule has 108 valence electrons. The number of ketones is 1. The summed E-state index contributed by atoms with van der Waals surface area (Å²) in [5, 5.41) is 9.45. The predicted octanol–water partition coefficient (Wildman–Crippen LogP) is 4.05. The van der Waals surface area contributed by atoms with E-state index in [0.29, 0.717) is 6.42 Å². The maximum absolute atomic E-state index is 12.5. The van der Waals surface area contributed by atoms with Crippen LogP contribution in [-0.2, 0) is 4.79 Å². The Kier molecular flexibility index (Phi) is 4.13. The molecule has 0 amide bonds. The van der Waals surface area contributed by atoms with E-state index in [-0.39, 0.29) is 23.0 Å². The van der Waals surface area contributed by atoms with E-state index in [0.717, 1.165) is 42.7 Å². The lowest BCUT2D eigenvalue weighted by atomic mass is 9.68. The average Bonchev–Trinajstić information content (AvgIpc) is 2.33. The summed E-state index contributed by atoms with van der Waals surface area (Å²) >= 11 is 0. The first-order valence-corrected chi connectivity index (χ1v) is 7.60. The zero-order chi connectivity index (χ0) is 14.9. The zero-order valence-corrected chi connectivity index (χ0v) is 13.0. The van der Waals surface area contributed by atoms with Gasteiger partial charge in [0.15, 0.2) is 5.78 Å². The van der Waals surface area contributed by atoms with Gasteiger partial charge in [-0.1, -0.05) is 33.6 Å². The highest BCUT2D eigenvalue weighted by Crippen LogP contribution is 2.45. The van der Waals surface area contributed by atoms with Gasteiger partial charge in [0, 0.05) is 29.3 Å². The first kappa shape index (κ1) is 15.0. The normalized spacial score (nSPS) is 28.8. The van der Waals surface area contributed by atoms with E-state index in [4.69, 9.17) is 0 Å². The molecule has 2 aliphatic rings. The number of Topliss-reactive ketones (excluding diaryl/α,β-unsaturated/α-hetero) is 1. The third-order valence-corrected chi connectivity index (χ3v) is 4.44. The second-order valence-electron chi connectivity index (χ2n) is 6.91. The topological polar surface area (TPSA) is 53.2 Å². The molecule has 0 fully saturated rings. The minimum absolute atomic E-state index is 0.00547. The van der Waals surface area contributed by atoms with Crippen molar-refractivity contribution in [1.82, 2.24) is 0 Å². The molecule has 1 aliphatic heterocycles. The van der Waals surface area contributed by atoms with Crippen molar-refractivity contribution in [2.75, 3.05) is 0 Å². The van der Waals surface area contributed by atoms with E-state index in [1.807, 2.05) is 6.92 Å². The van der Waals surface area contributed by atoms with Gasteiger partial charge in [0.25, 0.3) is 0 Å². The number of nitriles is 1. The lowest BCUT2D eigenvalue weighted by Gasteiger charge is -2.37. The van der Waals surface area contributed by atoms with Gasteiger partial charge in [-0.2, -0.15) is 5.26 Å². The second-order valence-corrected chi connectivity index (χ2v) is 6.91. The molecule has 0 N–H and O–H groups in total. The Labute approximate surface area is 121 Å². The van der Waals surface area contributed by atoms with E-state index >= 15 is 0 Å². The van der Waals surface area contributed by atoms with Gasteiger partial charge in [-0.15, -0.1) is 0 Å². The van der Waals surface area contributed by atoms with Gasteiger partial charge in [-0.05, 0) is 25.2 Å². The standard InChI is InChI=1S/C17H24N2O/c1-5-6-7-12-13(10-18)11(2)19-14-8-17(3,4)9-15(20)16(12)14/h12-13H,5-9H2,1-4H3/t12-,13?/m0/s1. The highest BCUT2D eigenvalue weighted by Gasteiger charge is 2.41. The molecule has 1 unspecified atom stereocenters. The van der Waals surface area contributed by atoms with Crippen LogP contribution in [0.4, 0.5) is 0 Å². The van der Waals surface area contributed by atoms with E-state index in [9.17, 15) is 10.1 Å². The van der Waals surface area contributed by atoms with Crippen molar-refractivity contribution in [3.05, 3.63) is 11.3 Å². The van der Waals surface area contributed by atoms with Crippen LogP contribution in [0.3, 0.4) is 0 Å². The van der Waals surface area contributed by atoms with Crippen LogP contribution < -0.4 is 0 Å². The van der Waals surface area contributed by atoms with Crippen molar-refractivity contribution in [1.29, 1.82) is 5.26 Å². The van der Waals surface area contributed by atoms with Crippen molar-refractivity contribution in [3.63, 3.8) is 0 Å². The molecule has 0 aromatic carbocycles. The molecular weight excluding hydrogens is 248 g/mol. The van der Waals surface area contributed by atoms with Crippen molar-refractivity contribution in [2.45, 2.75) is 59.8 Å². The van der Waals surface area contributed by atoms with Crippen molar-refractivity contribution < 1.29 is 4.79 Å². The van der Waals surface area contributed by atoms with Gasteiger partial charge in [0.2, 0.25) is 0 Å².